The molecule has 0 radical (unpaired) electrons. The number of rotatable bonds is 4. The van der Waals surface area contributed by atoms with Crippen molar-refractivity contribution >= 4 is 5.91 Å². The Morgan fingerprint density at radius 3 is 2.30 bits per heavy atom. The molecule has 1 heterocycles. The molecular formula is C15H14F3N3O2. The van der Waals surface area contributed by atoms with Gasteiger partial charge in [0.1, 0.15) is 0 Å². The number of nitrogens with zero attached hydrogens (tertiary/aromatic N) is 3. The summed E-state index contributed by atoms with van der Waals surface area (Å²) in [5.41, 5.74) is 0.800. The van der Waals surface area contributed by atoms with Crippen molar-refractivity contribution in [3.63, 3.8) is 0 Å². The SMILES string of the molecule is CN(CC(O)C(F)(F)F)C(=O)c1cnc(-c2ccccc2)nc1. The van der Waals surface area contributed by atoms with Crippen LogP contribution in [0, 0.1) is 0 Å². The molecule has 0 saturated heterocycles. The fourth-order valence-corrected chi connectivity index (χ4v) is 1.84. The maximum absolute atomic E-state index is 12.3. The van der Waals surface area contributed by atoms with E-state index in [1.165, 1.54) is 19.4 Å². The van der Waals surface area contributed by atoms with Crippen LogP contribution in [0.15, 0.2) is 42.7 Å². The van der Waals surface area contributed by atoms with Crippen LogP contribution >= 0.6 is 0 Å². The van der Waals surface area contributed by atoms with Crippen LogP contribution in [0.4, 0.5) is 13.2 Å². The van der Waals surface area contributed by atoms with Gasteiger partial charge in [-0.05, 0) is 0 Å². The Kier molecular flexibility index (Phi) is 4.95. The summed E-state index contributed by atoms with van der Waals surface area (Å²) in [6.45, 7) is -0.858. The zero-order valence-electron chi connectivity index (χ0n) is 12.2. The summed E-state index contributed by atoms with van der Waals surface area (Å²) in [6, 6.07) is 9.04. The molecule has 23 heavy (non-hydrogen) atoms. The quantitative estimate of drug-likeness (QED) is 0.935. The maximum Gasteiger partial charge on any atom is 0.416 e. The Morgan fingerprint density at radius 1 is 1.22 bits per heavy atom. The average molecular weight is 325 g/mol. The van der Waals surface area contributed by atoms with Gasteiger partial charge < -0.3 is 10.0 Å². The molecule has 0 spiro atoms. The van der Waals surface area contributed by atoms with E-state index in [4.69, 9.17) is 5.11 Å². The van der Waals surface area contributed by atoms with Gasteiger partial charge >= 0.3 is 6.18 Å². The molecule has 2 aromatic rings. The zero-order chi connectivity index (χ0) is 17.0. The molecule has 0 aliphatic heterocycles. The Hall–Kier alpha value is -2.48. The van der Waals surface area contributed by atoms with Gasteiger partial charge in [-0.3, -0.25) is 4.79 Å². The van der Waals surface area contributed by atoms with E-state index in [1.54, 1.807) is 12.1 Å². The van der Waals surface area contributed by atoms with Crippen molar-refractivity contribution in [2.24, 2.45) is 0 Å². The van der Waals surface area contributed by atoms with Gasteiger partial charge in [0.25, 0.3) is 5.91 Å². The van der Waals surface area contributed by atoms with E-state index in [9.17, 15) is 18.0 Å². The van der Waals surface area contributed by atoms with E-state index >= 15 is 0 Å². The van der Waals surface area contributed by atoms with Crippen LogP contribution in [0.5, 0.6) is 0 Å². The molecule has 8 heteroatoms. The van der Waals surface area contributed by atoms with Crippen molar-refractivity contribution in [3.05, 3.63) is 48.3 Å². The lowest BCUT2D eigenvalue weighted by Crippen LogP contribution is -2.41. The molecule has 1 amide bonds. The molecule has 0 bridgehead atoms. The van der Waals surface area contributed by atoms with Crippen molar-refractivity contribution in [2.75, 3.05) is 13.6 Å². The molecule has 0 saturated carbocycles. The van der Waals surface area contributed by atoms with Gasteiger partial charge in [0.2, 0.25) is 0 Å². The highest BCUT2D eigenvalue weighted by molar-refractivity contribution is 5.93. The maximum atomic E-state index is 12.3. The second-order valence-corrected chi connectivity index (χ2v) is 4.90. The highest BCUT2D eigenvalue weighted by atomic mass is 19.4. The number of aromatic nitrogens is 2. The third-order valence-electron chi connectivity index (χ3n) is 3.10. The van der Waals surface area contributed by atoms with E-state index in [0.29, 0.717) is 5.82 Å². The normalized spacial score (nSPS) is 12.7. The molecule has 122 valence electrons. The van der Waals surface area contributed by atoms with Crippen LogP contribution in [0.1, 0.15) is 10.4 Å². The third kappa shape index (κ3) is 4.26. The standard InChI is InChI=1S/C15H14F3N3O2/c1-21(9-12(22)15(16,17)18)14(23)11-7-19-13(20-8-11)10-5-3-2-4-6-10/h2-8,12,22H,9H2,1H3. The summed E-state index contributed by atoms with van der Waals surface area (Å²) in [6.07, 6.45) is -4.88. The Labute approximate surface area is 130 Å². The minimum absolute atomic E-state index is 0.0431. The van der Waals surface area contributed by atoms with Crippen LogP contribution in [-0.2, 0) is 0 Å². The fourth-order valence-electron chi connectivity index (χ4n) is 1.84. The third-order valence-corrected chi connectivity index (χ3v) is 3.10. The number of halogens is 3. The number of amides is 1. The molecular weight excluding hydrogens is 311 g/mol. The number of hydrogen-bond donors (Lipinski definition) is 1. The summed E-state index contributed by atoms with van der Waals surface area (Å²) >= 11 is 0. The largest absolute Gasteiger partial charge is 0.416 e. The topological polar surface area (TPSA) is 66.3 Å². The Morgan fingerprint density at radius 2 is 1.78 bits per heavy atom. The lowest BCUT2D eigenvalue weighted by molar-refractivity contribution is -0.205. The number of benzene rings is 1. The first kappa shape index (κ1) is 16.9. The number of aliphatic hydroxyl groups is 1. The predicted octanol–water partition coefficient (Wildman–Crippen LogP) is 2.14. The number of aliphatic hydroxyl groups excluding tert-OH is 1. The number of carbonyl (C=O) groups excluding carboxylic acids is 1. The number of alkyl halides is 3. The smallest absolute Gasteiger partial charge is 0.382 e. The molecule has 1 aromatic heterocycles. The molecule has 0 aliphatic rings. The summed E-state index contributed by atoms with van der Waals surface area (Å²) in [7, 11) is 1.17. The molecule has 1 N–H and O–H groups in total. The summed E-state index contributed by atoms with van der Waals surface area (Å²) in [5.74, 6) is -0.298. The van der Waals surface area contributed by atoms with Crippen LogP contribution in [-0.4, -0.2) is 51.8 Å². The highest BCUT2D eigenvalue weighted by Crippen LogP contribution is 2.21. The van der Waals surface area contributed by atoms with Gasteiger partial charge in [-0.2, -0.15) is 13.2 Å². The van der Waals surface area contributed by atoms with E-state index < -0.39 is 24.7 Å². The summed E-state index contributed by atoms with van der Waals surface area (Å²) in [4.78, 5) is 20.9. The van der Waals surface area contributed by atoms with Crippen LogP contribution in [0.25, 0.3) is 11.4 Å². The minimum Gasteiger partial charge on any atom is -0.382 e. The molecule has 1 aromatic carbocycles. The van der Waals surface area contributed by atoms with Gasteiger partial charge in [0.15, 0.2) is 11.9 Å². The lowest BCUT2D eigenvalue weighted by atomic mass is 10.2. The van der Waals surface area contributed by atoms with E-state index in [2.05, 4.69) is 9.97 Å². The van der Waals surface area contributed by atoms with E-state index in [0.717, 1.165) is 10.5 Å². The highest BCUT2D eigenvalue weighted by Gasteiger charge is 2.39. The monoisotopic (exact) mass is 325 g/mol. The van der Waals surface area contributed by atoms with Gasteiger partial charge in [0.05, 0.1) is 12.1 Å². The van der Waals surface area contributed by atoms with Crippen molar-refractivity contribution in [1.29, 1.82) is 0 Å². The first-order valence-electron chi connectivity index (χ1n) is 6.66. The van der Waals surface area contributed by atoms with Gasteiger partial charge in [-0.25, -0.2) is 9.97 Å². The van der Waals surface area contributed by atoms with Gasteiger partial charge in [-0.1, -0.05) is 30.3 Å². The first-order chi connectivity index (χ1) is 10.8. The zero-order valence-corrected chi connectivity index (χ0v) is 12.2. The van der Waals surface area contributed by atoms with Gasteiger partial charge in [0, 0.05) is 25.0 Å². The summed E-state index contributed by atoms with van der Waals surface area (Å²) in [5, 5.41) is 8.99. The number of likely N-dealkylation sites (N-methyl/N-ethyl adjacent to an activating group) is 1. The van der Waals surface area contributed by atoms with Crippen molar-refractivity contribution < 1.29 is 23.1 Å². The Bertz CT molecular complexity index is 660. The van der Waals surface area contributed by atoms with Crippen molar-refractivity contribution in [3.8, 4) is 11.4 Å². The fraction of sp³-hybridized carbons (Fsp3) is 0.267. The lowest BCUT2D eigenvalue weighted by Gasteiger charge is -2.22. The summed E-state index contributed by atoms with van der Waals surface area (Å²) < 4.78 is 36.9. The minimum atomic E-state index is -4.78. The number of carbonyl (C=O) groups is 1. The first-order valence-corrected chi connectivity index (χ1v) is 6.66. The Balaban J connectivity index is 2.08. The van der Waals surface area contributed by atoms with Crippen LogP contribution in [0.2, 0.25) is 0 Å². The molecule has 1 unspecified atom stereocenters. The van der Waals surface area contributed by atoms with Crippen LogP contribution < -0.4 is 0 Å². The van der Waals surface area contributed by atoms with E-state index in [1.807, 2.05) is 18.2 Å². The molecule has 5 nitrogen and oxygen atoms in total. The van der Waals surface area contributed by atoms with E-state index in [-0.39, 0.29) is 5.56 Å². The van der Waals surface area contributed by atoms with Crippen LogP contribution in [0.3, 0.4) is 0 Å². The van der Waals surface area contributed by atoms with Crippen molar-refractivity contribution in [2.45, 2.75) is 12.3 Å². The molecule has 2 rings (SSSR count). The molecule has 0 aliphatic carbocycles. The van der Waals surface area contributed by atoms with Crippen molar-refractivity contribution in [1.82, 2.24) is 14.9 Å². The second kappa shape index (κ2) is 6.74. The molecule has 0 fully saturated rings. The van der Waals surface area contributed by atoms with Gasteiger partial charge in [-0.15, -0.1) is 0 Å². The average Bonchev–Trinajstić information content (AvgIpc) is 2.54. The predicted molar refractivity (Wildman–Crippen MR) is 76.5 cm³/mol. The molecule has 1 atom stereocenters. The number of hydrogen-bond acceptors (Lipinski definition) is 4. The second-order valence-electron chi connectivity index (χ2n) is 4.90.